The molecule has 1 saturated carbocycles. The van der Waals surface area contributed by atoms with Crippen molar-refractivity contribution in [1.29, 1.82) is 0 Å². The van der Waals surface area contributed by atoms with Crippen molar-refractivity contribution in [3.8, 4) is 0 Å². The van der Waals surface area contributed by atoms with Crippen LogP contribution < -0.4 is 0 Å². The van der Waals surface area contributed by atoms with Crippen LogP contribution in [0.2, 0.25) is 0 Å². The Hall–Kier alpha value is -0.700. The lowest BCUT2D eigenvalue weighted by molar-refractivity contribution is -0.132. The molecule has 2 unspecified atom stereocenters. The van der Waals surface area contributed by atoms with Gasteiger partial charge < -0.3 is 4.74 Å². The largest absolute Gasteiger partial charge is 0.350 e. The van der Waals surface area contributed by atoms with Gasteiger partial charge in [0.2, 0.25) is 5.60 Å². The Morgan fingerprint density at radius 1 is 1.80 bits per heavy atom. The zero-order chi connectivity index (χ0) is 7.35. The molecular formula is C7H8O3. The number of Topliss-reactive ketones (excluding diaryl/α,β-unsaturated/α-hetero) is 2. The normalized spacial score (nSPS) is 43.3. The minimum Gasteiger partial charge on any atom is -0.350 e. The van der Waals surface area contributed by atoms with Crippen LogP contribution in [0.25, 0.3) is 0 Å². The van der Waals surface area contributed by atoms with E-state index in [2.05, 4.69) is 0 Å². The SMILES string of the molecule is CC(=O)C12OC1CCC2=O. The summed E-state index contributed by atoms with van der Waals surface area (Å²) in [7, 11) is 0. The van der Waals surface area contributed by atoms with Crippen molar-refractivity contribution >= 4 is 11.6 Å². The summed E-state index contributed by atoms with van der Waals surface area (Å²) < 4.78 is 5.02. The van der Waals surface area contributed by atoms with Gasteiger partial charge in [-0.25, -0.2) is 0 Å². The average molecular weight is 140 g/mol. The van der Waals surface area contributed by atoms with Gasteiger partial charge in [-0.05, 0) is 13.3 Å². The first kappa shape index (κ1) is 6.04. The Bertz CT molecular complexity index is 221. The predicted molar refractivity (Wildman–Crippen MR) is 32.5 cm³/mol. The van der Waals surface area contributed by atoms with E-state index >= 15 is 0 Å². The van der Waals surface area contributed by atoms with E-state index in [9.17, 15) is 9.59 Å². The van der Waals surface area contributed by atoms with Crippen LogP contribution in [0.4, 0.5) is 0 Å². The van der Waals surface area contributed by atoms with Crippen molar-refractivity contribution in [2.75, 3.05) is 0 Å². The van der Waals surface area contributed by atoms with Crippen molar-refractivity contribution in [2.45, 2.75) is 31.5 Å². The molecule has 0 aromatic rings. The Morgan fingerprint density at radius 3 is 2.70 bits per heavy atom. The van der Waals surface area contributed by atoms with Crippen molar-refractivity contribution < 1.29 is 14.3 Å². The maximum atomic E-state index is 11.0. The number of carbonyl (C=O) groups excluding carboxylic acids is 2. The van der Waals surface area contributed by atoms with Crippen LogP contribution in [0, 0.1) is 0 Å². The van der Waals surface area contributed by atoms with Gasteiger partial charge in [-0.1, -0.05) is 0 Å². The van der Waals surface area contributed by atoms with E-state index in [-0.39, 0.29) is 17.7 Å². The molecule has 0 aromatic heterocycles. The summed E-state index contributed by atoms with van der Waals surface area (Å²) in [5, 5.41) is 0. The molecule has 0 amide bonds. The van der Waals surface area contributed by atoms with Gasteiger partial charge >= 0.3 is 0 Å². The van der Waals surface area contributed by atoms with Crippen LogP contribution in [-0.2, 0) is 14.3 Å². The fraction of sp³-hybridized carbons (Fsp3) is 0.714. The highest BCUT2D eigenvalue weighted by atomic mass is 16.6. The van der Waals surface area contributed by atoms with Crippen LogP contribution in [0.15, 0.2) is 0 Å². The molecule has 2 rings (SSSR count). The summed E-state index contributed by atoms with van der Waals surface area (Å²) in [5.74, 6) is -0.148. The fourth-order valence-electron chi connectivity index (χ4n) is 1.65. The lowest BCUT2D eigenvalue weighted by Crippen LogP contribution is -2.29. The molecule has 1 saturated heterocycles. The Labute approximate surface area is 58.4 Å². The van der Waals surface area contributed by atoms with Gasteiger partial charge in [0.05, 0.1) is 0 Å². The quantitative estimate of drug-likeness (QED) is 0.382. The third-order valence-corrected chi connectivity index (χ3v) is 2.30. The molecule has 3 heteroatoms. The van der Waals surface area contributed by atoms with Crippen LogP contribution in [0.5, 0.6) is 0 Å². The summed E-state index contributed by atoms with van der Waals surface area (Å²) in [4.78, 5) is 21.9. The molecular weight excluding hydrogens is 132 g/mol. The van der Waals surface area contributed by atoms with E-state index in [1.807, 2.05) is 0 Å². The molecule has 0 bridgehead atoms. The zero-order valence-corrected chi connectivity index (χ0v) is 5.72. The molecule has 0 spiro atoms. The third kappa shape index (κ3) is 0.453. The molecule has 3 nitrogen and oxygen atoms in total. The van der Waals surface area contributed by atoms with Gasteiger partial charge in [0.25, 0.3) is 0 Å². The summed E-state index contributed by atoms with van der Waals surface area (Å²) in [6, 6.07) is 0. The minimum atomic E-state index is -0.958. The highest BCUT2D eigenvalue weighted by Gasteiger charge is 2.69. The summed E-state index contributed by atoms with van der Waals surface area (Å²) in [6.07, 6.45) is 1.18. The van der Waals surface area contributed by atoms with E-state index in [1.165, 1.54) is 6.92 Å². The standard InChI is InChI=1S/C7H8O3/c1-4(8)7-5(9)2-3-6(7)10-7/h6H,2-3H2,1H3. The lowest BCUT2D eigenvalue weighted by Gasteiger charge is -1.99. The first-order valence-corrected chi connectivity index (χ1v) is 3.40. The fourth-order valence-corrected chi connectivity index (χ4v) is 1.65. The number of rotatable bonds is 1. The monoisotopic (exact) mass is 140 g/mol. The van der Waals surface area contributed by atoms with Crippen LogP contribution in [0.1, 0.15) is 19.8 Å². The molecule has 2 aliphatic rings. The van der Waals surface area contributed by atoms with Crippen LogP contribution >= 0.6 is 0 Å². The number of hydrogen-bond acceptors (Lipinski definition) is 3. The van der Waals surface area contributed by atoms with E-state index in [0.717, 1.165) is 6.42 Å². The number of hydrogen-bond donors (Lipinski definition) is 0. The second kappa shape index (κ2) is 1.48. The topological polar surface area (TPSA) is 46.7 Å². The van der Waals surface area contributed by atoms with Gasteiger partial charge in [-0.3, -0.25) is 9.59 Å². The van der Waals surface area contributed by atoms with Gasteiger partial charge in [0, 0.05) is 6.42 Å². The Kier molecular flexibility index (Phi) is 0.892. The summed E-state index contributed by atoms with van der Waals surface area (Å²) in [5.41, 5.74) is -0.958. The minimum absolute atomic E-state index is 0.0231. The first-order valence-electron chi connectivity index (χ1n) is 3.40. The number of ether oxygens (including phenoxy) is 1. The molecule has 1 aliphatic heterocycles. The van der Waals surface area contributed by atoms with E-state index in [1.54, 1.807) is 0 Å². The van der Waals surface area contributed by atoms with Gasteiger partial charge in [-0.15, -0.1) is 0 Å². The molecule has 0 N–H and O–H groups in total. The van der Waals surface area contributed by atoms with Crippen molar-refractivity contribution in [3.05, 3.63) is 0 Å². The lowest BCUT2D eigenvalue weighted by atomic mass is 10.0. The van der Waals surface area contributed by atoms with Crippen molar-refractivity contribution in [3.63, 3.8) is 0 Å². The van der Waals surface area contributed by atoms with Gasteiger partial charge in [0.15, 0.2) is 11.6 Å². The van der Waals surface area contributed by atoms with Gasteiger partial charge in [0.1, 0.15) is 6.10 Å². The van der Waals surface area contributed by atoms with Gasteiger partial charge in [-0.2, -0.15) is 0 Å². The van der Waals surface area contributed by atoms with Crippen molar-refractivity contribution in [2.24, 2.45) is 0 Å². The third-order valence-electron chi connectivity index (χ3n) is 2.30. The molecule has 2 atom stereocenters. The maximum Gasteiger partial charge on any atom is 0.210 e. The summed E-state index contributed by atoms with van der Waals surface area (Å²) >= 11 is 0. The Morgan fingerprint density at radius 2 is 2.50 bits per heavy atom. The molecule has 0 aromatic carbocycles. The molecule has 54 valence electrons. The van der Waals surface area contributed by atoms with Crippen LogP contribution in [-0.4, -0.2) is 23.3 Å². The molecule has 10 heavy (non-hydrogen) atoms. The molecule has 1 heterocycles. The number of epoxide rings is 1. The van der Waals surface area contributed by atoms with Crippen molar-refractivity contribution in [1.82, 2.24) is 0 Å². The van der Waals surface area contributed by atoms with E-state index in [0.29, 0.717) is 6.42 Å². The number of ketones is 2. The second-order valence-electron chi connectivity index (χ2n) is 2.86. The van der Waals surface area contributed by atoms with E-state index in [4.69, 9.17) is 4.74 Å². The Balaban J connectivity index is 2.33. The van der Waals surface area contributed by atoms with E-state index < -0.39 is 5.60 Å². The highest BCUT2D eigenvalue weighted by Crippen LogP contribution is 2.47. The second-order valence-corrected chi connectivity index (χ2v) is 2.86. The first-order chi connectivity index (χ1) is 4.68. The number of fused-ring (bicyclic) bond motifs is 1. The number of carbonyl (C=O) groups is 2. The smallest absolute Gasteiger partial charge is 0.210 e. The van der Waals surface area contributed by atoms with Crippen LogP contribution in [0.3, 0.4) is 0 Å². The highest BCUT2D eigenvalue weighted by molar-refractivity contribution is 6.14. The predicted octanol–water partition coefficient (Wildman–Crippen LogP) is 0.0759. The maximum absolute atomic E-state index is 11.0. The summed E-state index contributed by atoms with van der Waals surface area (Å²) in [6.45, 7) is 1.42. The average Bonchev–Trinajstić information content (AvgIpc) is 2.52. The molecule has 1 aliphatic carbocycles. The zero-order valence-electron chi connectivity index (χ0n) is 5.72. The molecule has 0 radical (unpaired) electrons. The molecule has 2 fully saturated rings.